The molecule has 0 atom stereocenters. The normalized spacial score (nSPS) is 10.7. The molecule has 0 spiro atoms. The summed E-state index contributed by atoms with van der Waals surface area (Å²) in [7, 11) is 3.44. The molecule has 9 heteroatoms. The van der Waals surface area contributed by atoms with Crippen LogP contribution in [-0.2, 0) is 13.5 Å². The van der Waals surface area contributed by atoms with E-state index in [4.69, 9.17) is 26.3 Å². The number of methoxy groups -OCH3 is 1. The van der Waals surface area contributed by atoms with Crippen LogP contribution in [-0.4, -0.2) is 26.9 Å². The summed E-state index contributed by atoms with van der Waals surface area (Å²) >= 11 is 6.28. The number of aromatic nitrogens is 4. The number of nitrogens with one attached hydrogen (secondary N) is 1. The van der Waals surface area contributed by atoms with Gasteiger partial charge in [0.1, 0.15) is 22.6 Å². The Labute approximate surface area is 190 Å². The summed E-state index contributed by atoms with van der Waals surface area (Å²) in [4.78, 5) is 9.48. The molecular weight excluding hydrogens is 440 g/mol. The van der Waals surface area contributed by atoms with Gasteiger partial charge in [0.05, 0.1) is 17.8 Å². The summed E-state index contributed by atoms with van der Waals surface area (Å²) in [5.41, 5.74) is 3.94. The lowest BCUT2D eigenvalue weighted by Gasteiger charge is -2.11. The molecule has 162 valence electrons. The zero-order valence-corrected chi connectivity index (χ0v) is 18.9. The van der Waals surface area contributed by atoms with Gasteiger partial charge in [-0.1, -0.05) is 24.9 Å². The van der Waals surface area contributed by atoms with Crippen molar-refractivity contribution in [3.05, 3.63) is 59.0 Å². The van der Waals surface area contributed by atoms with Crippen LogP contribution in [0, 0.1) is 5.82 Å². The van der Waals surface area contributed by atoms with Gasteiger partial charge >= 0.3 is 0 Å². The number of halogens is 3. The van der Waals surface area contributed by atoms with Gasteiger partial charge in [-0.3, -0.25) is 4.68 Å². The Morgan fingerprint density at radius 3 is 2.52 bits per heavy atom. The van der Waals surface area contributed by atoms with E-state index in [-0.39, 0.29) is 18.2 Å². The van der Waals surface area contributed by atoms with Crippen LogP contribution >= 0.6 is 24.0 Å². The van der Waals surface area contributed by atoms with Gasteiger partial charge < -0.3 is 10.1 Å². The fraction of sp³-hybridized carbons (Fsp3) is 0.227. The minimum absolute atomic E-state index is 0. The molecule has 0 aliphatic rings. The van der Waals surface area contributed by atoms with E-state index in [0.29, 0.717) is 22.4 Å². The lowest BCUT2D eigenvalue weighted by atomic mass is 10.2. The Morgan fingerprint density at radius 1 is 1.13 bits per heavy atom. The summed E-state index contributed by atoms with van der Waals surface area (Å²) < 4.78 is 20.4. The molecule has 1 N–H and O–H groups in total. The van der Waals surface area contributed by atoms with Gasteiger partial charge in [0, 0.05) is 18.3 Å². The van der Waals surface area contributed by atoms with Crippen LogP contribution in [0.5, 0.6) is 5.75 Å². The second-order valence-electron chi connectivity index (χ2n) is 6.89. The van der Waals surface area contributed by atoms with Crippen molar-refractivity contribution in [3.63, 3.8) is 0 Å². The maximum Gasteiger partial charge on any atom is 0.162 e. The first kappa shape index (κ1) is 22.8. The van der Waals surface area contributed by atoms with Crippen LogP contribution in [0.25, 0.3) is 22.4 Å². The Bertz CT molecular complexity index is 1210. The van der Waals surface area contributed by atoms with Crippen molar-refractivity contribution < 1.29 is 9.13 Å². The molecule has 2 aromatic carbocycles. The topological polar surface area (TPSA) is 64.9 Å². The highest BCUT2D eigenvalue weighted by Gasteiger charge is 2.18. The first-order chi connectivity index (χ1) is 14.5. The average Bonchev–Trinajstić information content (AvgIpc) is 3.04. The van der Waals surface area contributed by atoms with E-state index in [9.17, 15) is 4.39 Å². The van der Waals surface area contributed by atoms with Crippen LogP contribution < -0.4 is 10.1 Å². The average molecular weight is 462 g/mol. The van der Waals surface area contributed by atoms with Crippen molar-refractivity contribution in [2.24, 2.45) is 7.05 Å². The molecule has 0 unspecified atom stereocenters. The summed E-state index contributed by atoms with van der Waals surface area (Å²) in [5.74, 6) is 1.37. The van der Waals surface area contributed by atoms with E-state index in [2.05, 4.69) is 17.3 Å². The largest absolute Gasteiger partial charge is 0.495 e. The molecule has 0 fully saturated rings. The minimum Gasteiger partial charge on any atom is -0.495 e. The minimum atomic E-state index is -0.306. The first-order valence-electron chi connectivity index (χ1n) is 9.60. The molecule has 31 heavy (non-hydrogen) atoms. The second-order valence-corrected chi connectivity index (χ2v) is 7.30. The number of hydrogen-bond acceptors (Lipinski definition) is 5. The van der Waals surface area contributed by atoms with Gasteiger partial charge in [-0.05, 0) is 48.9 Å². The van der Waals surface area contributed by atoms with Crippen LogP contribution in [0.2, 0.25) is 5.02 Å². The van der Waals surface area contributed by atoms with E-state index in [1.165, 1.54) is 12.1 Å². The maximum absolute atomic E-state index is 13.4. The fourth-order valence-corrected chi connectivity index (χ4v) is 3.60. The zero-order valence-electron chi connectivity index (χ0n) is 17.3. The number of hydrogen-bond donors (Lipinski definition) is 1. The number of rotatable bonds is 6. The van der Waals surface area contributed by atoms with Crippen molar-refractivity contribution in [3.8, 4) is 17.1 Å². The van der Waals surface area contributed by atoms with Gasteiger partial charge in [-0.25, -0.2) is 14.4 Å². The van der Waals surface area contributed by atoms with E-state index >= 15 is 0 Å². The lowest BCUT2D eigenvalue weighted by Crippen LogP contribution is -2.02. The third kappa shape index (κ3) is 4.57. The standard InChI is InChI=1S/C22H21ClFN5O.ClH/c1-4-5-17-19-20(29(2)28-17)22(25-15-10-11-18(30-3)16(23)12-15)27-21(26-19)13-6-8-14(24)9-7-13;/h6-12H,4-5H2,1-3H3,(H,25,26,27);1H. The quantitative estimate of drug-likeness (QED) is 0.384. The monoisotopic (exact) mass is 461 g/mol. The van der Waals surface area contributed by atoms with Gasteiger partial charge in [0.25, 0.3) is 0 Å². The molecule has 0 aliphatic heterocycles. The Balaban J connectivity index is 0.00000272. The molecule has 6 nitrogen and oxygen atoms in total. The van der Waals surface area contributed by atoms with Crippen molar-refractivity contribution in [1.29, 1.82) is 0 Å². The lowest BCUT2D eigenvalue weighted by molar-refractivity contribution is 0.415. The number of benzene rings is 2. The highest BCUT2D eigenvalue weighted by atomic mass is 35.5. The predicted molar refractivity (Wildman–Crippen MR) is 124 cm³/mol. The van der Waals surface area contributed by atoms with E-state index in [0.717, 1.165) is 40.8 Å². The third-order valence-electron chi connectivity index (χ3n) is 4.76. The van der Waals surface area contributed by atoms with Crippen molar-refractivity contribution in [2.75, 3.05) is 12.4 Å². The van der Waals surface area contributed by atoms with Gasteiger partial charge in [0.2, 0.25) is 0 Å². The molecule has 2 heterocycles. The second kappa shape index (κ2) is 9.49. The van der Waals surface area contributed by atoms with Crippen LogP contribution in [0.15, 0.2) is 42.5 Å². The number of fused-ring (bicyclic) bond motifs is 1. The number of nitrogens with zero attached hydrogens (tertiary/aromatic N) is 4. The SMILES string of the molecule is CCCc1nn(C)c2c(Nc3ccc(OC)c(Cl)c3)nc(-c3ccc(F)cc3)nc12.Cl. The van der Waals surface area contributed by atoms with Crippen LogP contribution in [0.4, 0.5) is 15.9 Å². The van der Waals surface area contributed by atoms with E-state index in [1.807, 2.05) is 13.1 Å². The number of anilines is 2. The Hall–Kier alpha value is -2.90. The van der Waals surface area contributed by atoms with Crippen LogP contribution in [0.1, 0.15) is 19.0 Å². The molecule has 0 radical (unpaired) electrons. The number of ether oxygens (including phenoxy) is 1. The third-order valence-corrected chi connectivity index (χ3v) is 5.05. The Morgan fingerprint density at radius 2 is 1.87 bits per heavy atom. The molecule has 0 amide bonds. The molecular formula is C22H22Cl2FN5O. The van der Waals surface area contributed by atoms with Crippen molar-refractivity contribution in [2.45, 2.75) is 19.8 Å². The fourth-order valence-electron chi connectivity index (χ4n) is 3.34. The molecule has 0 saturated heterocycles. The predicted octanol–water partition coefficient (Wildman–Crippen LogP) is 5.95. The number of aryl methyl sites for hydroxylation is 2. The molecule has 2 aromatic heterocycles. The summed E-state index contributed by atoms with van der Waals surface area (Å²) in [6.45, 7) is 2.10. The van der Waals surface area contributed by atoms with Gasteiger partial charge in [-0.15, -0.1) is 12.4 Å². The van der Waals surface area contributed by atoms with E-state index in [1.54, 1.807) is 36.1 Å². The van der Waals surface area contributed by atoms with Crippen LogP contribution in [0.3, 0.4) is 0 Å². The zero-order chi connectivity index (χ0) is 21.3. The van der Waals surface area contributed by atoms with Crippen molar-refractivity contribution >= 4 is 46.5 Å². The smallest absolute Gasteiger partial charge is 0.162 e. The van der Waals surface area contributed by atoms with Crippen molar-refractivity contribution in [1.82, 2.24) is 19.7 Å². The van der Waals surface area contributed by atoms with Gasteiger partial charge in [0.15, 0.2) is 11.6 Å². The molecule has 0 bridgehead atoms. The highest BCUT2D eigenvalue weighted by molar-refractivity contribution is 6.32. The molecule has 0 saturated carbocycles. The van der Waals surface area contributed by atoms with Gasteiger partial charge in [-0.2, -0.15) is 5.10 Å². The summed E-state index contributed by atoms with van der Waals surface area (Å²) in [6, 6.07) is 11.6. The maximum atomic E-state index is 13.4. The Kier molecular flexibility index (Phi) is 6.97. The van der Waals surface area contributed by atoms with E-state index < -0.39 is 0 Å². The molecule has 4 rings (SSSR count). The summed E-state index contributed by atoms with van der Waals surface area (Å²) in [5, 5.41) is 8.46. The molecule has 0 aliphatic carbocycles. The molecule has 4 aromatic rings. The summed E-state index contributed by atoms with van der Waals surface area (Å²) in [6.07, 6.45) is 1.74. The first-order valence-corrected chi connectivity index (χ1v) is 9.98. The highest BCUT2D eigenvalue weighted by Crippen LogP contribution is 2.32.